The third-order valence-electron chi connectivity index (χ3n) is 4.73. The van der Waals surface area contributed by atoms with E-state index >= 15 is 0 Å². The number of carbonyl (C=O) groups excluding carboxylic acids is 2. The summed E-state index contributed by atoms with van der Waals surface area (Å²) in [5, 5.41) is 0.720. The van der Waals surface area contributed by atoms with E-state index in [0.717, 1.165) is 16.3 Å². The molecule has 0 saturated heterocycles. The van der Waals surface area contributed by atoms with E-state index in [0.29, 0.717) is 17.2 Å². The molecule has 0 radical (unpaired) electrons. The number of hydrogen-bond acceptors (Lipinski definition) is 6. The molecule has 0 bridgehead atoms. The Balaban J connectivity index is 1.56. The molecule has 4 rings (SSSR count). The molecule has 7 nitrogen and oxygen atoms in total. The van der Waals surface area contributed by atoms with Crippen LogP contribution in [-0.4, -0.2) is 35.0 Å². The fourth-order valence-electron chi connectivity index (χ4n) is 3.30. The van der Waals surface area contributed by atoms with Crippen molar-refractivity contribution in [2.45, 2.75) is 13.8 Å². The fourth-order valence-corrected chi connectivity index (χ4v) is 4.34. The van der Waals surface area contributed by atoms with Crippen molar-refractivity contribution in [2.75, 3.05) is 18.1 Å². The van der Waals surface area contributed by atoms with Crippen molar-refractivity contribution >= 4 is 49.5 Å². The van der Waals surface area contributed by atoms with E-state index in [1.165, 1.54) is 22.3 Å². The first-order valence-corrected chi connectivity index (χ1v) is 10.3. The maximum Gasteiger partial charge on any atom is 0.339 e. The van der Waals surface area contributed by atoms with Crippen molar-refractivity contribution < 1.29 is 18.7 Å². The number of nitrogens with one attached hydrogen (secondary N) is 1. The van der Waals surface area contributed by atoms with Crippen LogP contribution in [0, 0.1) is 12.7 Å². The van der Waals surface area contributed by atoms with Crippen LogP contribution in [0.25, 0.3) is 21.1 Å². The molecule has 0 spiro atoms. The molecule has 0 unspecified atom stereocenters. The monoisotopic (exact) mass is 439 g/mol. The van der Waals surface area contributed by atoms with E-state index in [1.807, 2.05) is 24.3 Å². The van der Waals surface area contributed by atoms with Crippen LogP contribution in [0.2, 0.25) is 0 Å². The number of pyridine rings is 1. The summed E-state index contributed by atoms with van der Waals surface area (Å²) >= 11 is 1.36. The highest BCUT2D eigenvalue weighted by molar-refractivity contribution is 7.22. The van der Waals surface area contributed by atoms with Gasteiger partial charge in [-0.3, -0.25) is 14.5 Å². The van der Waals surface area contributed by atoms with Gasteiger partial charge in [0, 0.05) is 18.0 Å². The summed E-state index contributed by atoms with van der Waals surface area (Å²) < 4.78 is 20.3. The highest BCUT2D eigenvalue weighted by Crippen LogP contribution is 2.28. The summed E-state index contributed by atoms with van der Waals surface area (Å²) in [5.41, 5.74) is 0.532. The number of aromatic amines is 1. The van der Waals surface area contributed by atoms with Gasteiger partial charge in [0.2, 0.25) is 5.56 Å². The number of benzene rings is 2. The van der Waals surface area contributed by atoms with Gasteiger partial charge in [0.1, 0.15) is 5.82 Å². The van der Waals surface area contributed by atoms with Crippen molar-refractivity contribution in [2.24, 2.45) is 0 Å². The predicted molar refractivity (Wildman–Crippen MR) is 117 cm³/mol. The normalized spacial score (nSPS) is 11.1. The molecule has 1 N–H and O–H groups in total. The Kier molecular flexibility index (Phi) is 5.51. The van der Waals surface area contributed by atoms with Crippen LogP contribution in [-0.2, 0) is 9.53 Å². The predicted octanol–water partition coefficient (Wildman–Crippen LogP) is 3.80. The number of anilines is 1. The topological polar surface area (TPSA) is 92.4 Å². The van der Waals surface area contributed by atoms with Crippen LogP contribution in [0.3, 0.4) is 0 Å². The lowest BCUT2D eigenvalue weighted by Crippen LogP contribution is -2.34. The standard InChI is InChI=1S/C22H18FN3O4S/c1-3-26(22-24-16-6-4-5-7-17(16)31-22)19(28)11-30-21(29)14-10-18(27)25-20-13(14)8-12(2)9-15(20)23/h4-10H,3,11H2,1-2H3,(H,25,27). The lowest BCUT2D eigenvalue weighted by atomic mass is 10.1. The Morgan fingerprint density at radius 2 is 2.00 bits per heavy atom. The van der Waals surface area contributed by atoms with Gasteiger partial charge >= 0.3 is 5.97 Å². The minimum Gasteiger partial charge on any atom is -0.452 e. The SMILES string of the molecule is CCN(C(=O)COC(=O)c1cc(=O)[nH]c2c(F)cc(C)cc12)c1nc2ccccc2s1. The van der Waals surface area contributed by atoms with Crippen LogP contribution in [0.5, 0.6) is 0 Å². The van der Waals surface area contributed by atoms with Crippen molar-refractivity contribution in [1.82, 2.24) is 9.97 Å². The number of nitrogens with zero attached hydrogens (tertiary/aromatic N) is 2. The van der Waals surface area contributed by atoms with E-state index < -0.39 is 29.9 Å². The first kappa shape index (κ1) is 20.7. The van der Waals surface area contributed by atoms with Crippen LogP contribution in [0.4, 0.5) is 9.52 Å². The number of esters is 1. The molecule has 31 heavy (non-hydrogen) atoms. The highest BCUT2D eigenvalue weighted by Gasteiger charge is 2.21. The summed E-state index contributed by atoms with van der Waals surface area (Å²) in [6.07, 6.45) is 0. The Labute approximate surface area is 180 Å². The third kappa shape index (κ3) is 4.04. The van der Waals surface area contributed by atoms with Gasteiger partial charge in [-0.15, -0.1) is 0 Å². The fraction of sp³-hybridized carbons (Fsp3) is 0.182. The molecule has 158 valence electrons. The molecule has 0 aliphatic carbocycles. The Morgan fingerprint density at radius 3 is 2.74 bits per heavy atom. The summed E-state index contributed by atoms with van der Waals surface area (Å²) in [4.78, 5) is 45.5. The molecule has 0 atom stereocenters. The Bertz CT molecular complexity index is 1350. The minimum atomic E-state index is -0.880. The number of rotatable bonds is 5. The molecule has 2 aromatic heterocycles. The number of aromatic nitrogens is 2. The van der Waals surface area contributed by atoms with Gasteiger partial charge in [-0.05, 0) is 43.7 Å². The highest BCUT2D eigenvalue weighted by atomic mass is 32.1. The summed E-state index contributed by atoms with van der Waals surface area (Å²) in [6.45, 7) is 3.27. The summed E-state index contributed by atoms with van der Waals surface area (Å²) in [5.74, 6) is -1.98. The summed E-state index contributed by atoms with van der Waals surface area (Å²) in [6, 6.07) is 11.4. The van der Waals surface area contributed by atoms with Gasteiger partial charge in [-0.1, -0.05) is 23.5 Å². The van der Waals surface area contributed by atoms with E-state index in [4.69, 9.17) is 4.74 Å². The van der Waals surface area contributed by atoms with E-state index in [-0.39, 0.29) is 16.5 Å². The van der Waals surface area contributed by atoms with E-state index in [1.54, 1.807) is 19.9 Å². The maximum absolute atomic E-state index is 14.2. The van der Waals surface area contributed by atoms with E-state index in [9.17, 15) is 18.8 Å². The number of fused-ring (bicyclic) bond motifs is 2. The molecule has 9 heteroatoms. The molecular weight excluding hydrogens is 421 g/mol. The first-order chi connectivity index (χ1) is 14.9. The number of hydrogen-bond donors (Lipinski definition) is 1. The molecule has 2 heterocycles. The number of aryl methyl sites for hydroxylation is 1. The quantitative estimate of drug-likeness (QED) is 0.478. The minimum absolute atomic E-state index is 0.0824. The average Bonchev–Trinajstić information content (AvgIpc) is 3.16. The number of para-hydroxylation sites is 1. The smallest absolute Gasteiger partial charge is 0.339 e. The Hall–Kier alpha value is -3.59. The van der Waals surface area contributed by atoms with Crippen molar-refractivity contribution in [1.29, 1.82) is 0 Å². The Morgan fingerprint density at radius 1 is 1.23 bits per heavy atom. The van der Waals surface area contributed by atoms with Crippen molar-refractivity contribution in [3.05, 3.63) is 69.8 Å². The molecule has 0 saturated carbocycles. The second-order valence-electron chi connectivity index (χ2n) is 6.89. The van der Waals surface area contributed by atoms with Crippen LogP contribution < -0.4 is 10.5 Å². The lowest BCUT2D eigenvalue weighted by Gasteiger charge is -2.17. The van der Waals surface area contributed by atoms with Crippen LogP contribution >= 0.6 is 11.3 Å². The maximum atomic E-state index is 14.2. The van der Waals surface area contributed by atoms with Crippen LogP contribution in [0.15, 0.2) is 47.3 Å². The third-order valence-corrected chi connectivity index (χ3v) is 5.79. The van der Waals surface area contributed by atoms with Crippen molar-refractivity contribution in [3.8, 4) is 0 Å². The van der Waals surface area contributed by atoms with E-state index in [2.05, 4.69) is 9.97 Å². The van der Waals surface area contributed by atoms with Gasteiger partial charge in [-0.2, -0.15) is 0 Å². The number of carbonyl (C=O) groups is 2. The number of halogens is 1. The number of amides is 1. The molecule has 4 aromatic rings. The number of ether oxygens (including phenoxy) is 1. The molecule has 0 fully saturated rings. The van der Waals surface area contributed by atoms with Gasteiger partial charge in [0.25, 0.3) is 5.91 Å². The zero-order valence-corrected chi connectivity index (χ0v) is 17.6. The van der Waals surface area contributed by atoms with Gasteiger partial charge < -0.3 is 9.72 Å². The van der Waals surface area contributed by atoms with Crippen molar-refractivity contribution in [3.63, 3.8) is 0 Å². The van der Waals surface area contributed by atoms with Gasteiger partial charge in [0.15, 0.2) is 11.7 Å². The molecule has 1 amide bonds. The molecule has 2 aromatic carbocycles. The second kappa shape index (κ2) is 8.27. The molecular formula is C22H18FN3O4S. The average molecular weight is 439 g/mol. The van der Waals surface area contributed by atoms with Gasteiger partial charge in [0.05, 0.1) is 21.3 Å². The summed E-state index contributed by atoms with van der Waals surface area (Å²) in [7, 11) is 0. The second-order valence-corrected chi connectivity index (χ2v) is 7.90. The zero-order chi connectivity index (χ0) is 22.1. The largest absolute Gasteiger partial charge is 0.452 e. The molecule has 0 aliphatic rings. The molecule has 0 aliphatic heterocycles. The number of likely N-dealkylation sites (N-methyl/N-ethyl adjacent to an activating group) is 1. The first-order valence-electron chi connectivity index (χ1n) is 9.53. The van der Waals surface area contributed by atoms with Crippen LogP contribution in [0.1, 0.15) is 22.8 Å². The lowest BCUT2D eigenvalue weighted by molar-refractivity contribution is -0.121. The zero-order valence-electron chi connectivity index (χ0n) is 16.8. The number of thiazole rings is 1. The van der Waals surface area contributed by atoms with Gasteiger partial charge in [-0.25, -0.2) is 14.2 Å². The number of H-pyrrole nitrogens is 1.